The van der Waals surface area contributed by atoms with Gasteiger partial charge in [0.2, 0.25) is 0 Å². The number of hydrogen-bond acceptors (Lipinski definition) is 5. The summed E-state index contributed by atoms with van der Waals surface area (Å²) in [4.78, 5) is 21.2. The number of anilines is 1. The number of carbonyl (C=O) groups is 1. The fourth-order valence-electron chi connectivity index (χ4n) is 2.55. The topological polar surface area (TPSA) is 102 Å². The lowest BCUT2D eigenvalue weighted by molar-refractivity contribution is -0.385. The number of benzene rings is 1. The molecule has 21 heavy (non-hydrogen) atoms. The van der Waals surface area contributed by atoms with Crippen LogP contribution in [0.1, 0.15) is 30.1 Å². The van der Waals surface area contributed by atoms with Gasteiger partial charge in [-0.3, -0.25) is 10.1 Å². The van der Waals surface area contributed by atoms with Gasteiger partial charge in [-0.05, 0) is 37.8 Å². The molecule has 114 valence electrons. The highest BCUT2D eigenvalue weighted by atomic mass is 16.6. The lowest BCUT2D eigenvalue weighted by Crippen LogP contribution is -2.31. The van der Waals surface area contributed by atoms with Gasteiger partial charge in [-0.2, -0.15) is 0 Å². The van der Waals surface area contributed by atoms with Crippen LogP contribution < -0.4 is 5.32 Å². The fourth-order valence-corrected chi connectivity index (χ4v) is 2.55. The van der Waals surface area contributed by atoms with Crippen LogP contribution in [0.2, 0.25) is 0 Å². The Bertz CT molecular complexity index is 540. The summed E-state index contributed by atoms with van der Waals surface area (Å²) in [7, 11) is 0. The Morgan fingerprint density at radius 3 is 2.71 bits per heavy atom. The maximum absolute atomic E-state index is 11.1. The van der Waals surface area contributed by atoms with Gasteiger partial charge >= 0.3 is 5.97 Å². The molecule has 0 aromatic heterocycles. The molecular formula is C14H18N2O5. The molecular weight excluding hydrogens is 276 g/mol. The molecule has 0 saturated carbocycles. The van der Waals surface area contributed by atoms with Gasteiger partial charge in [-0.15, -0.1) is 0 Å². The normalized spacial score (nSPS) is 17.2. The van der Waals surface area contributed by atoms with Crippen LogP contribution in [0, 0.1) is 16.0 Å². The highest BCUT2D eigenvalue weighted by Gasteiger charge is 2.23. The summed E-state index contributed by atoms with van der Waals surface area (Å²) < 4.78 is 5.31. The van der Waals surface area contributed by atoms with E-state index in [1.165, 1.54) is 12.1 Å². The Balaban J connectivity index is 2.14. The number of nitrogens with zero attached hydrogens (tertiary/aromatic N) is 1. The van der Waals surface area contributed by atoms with E-state index in [0.29, 0.717) is 11.6 Å². The Kier molecular flexibility index (Phi) is 4.74. The number of hydrogen-bond donors (Lipinski definition) is 2. The minimum absolute atomic E-state index is 0.150. The van der Waals surface area contributed by atoms with Crippen molar-refractivity contribution in [1.82, 2.24) is 0 Å². The summed E-state index contributed by atoms with van der Waals surface area (Å²) in [6.07, 6.45) is 1.90. The molecule has 1 unspecified atom stereocenters. The maximum atomic E-state index is 11.1. The molecule has 0 bridgehead atoms. The van der Waals surface area contributed by atoms with Crippen molar-refractivity contribution in [1.29, 1.82) is 0 Å². The number of nitro benzene ring substituents is 1. The van der Waals surface area contributed by atoms with E-state index in [9.17, 15) is 14.9 Å². The molecule has 2 rings (SSSR count). The number of aromatic carboxylic acids is 1. The lowest BCUT2D eigenvalue weighted by Gasteiger charge is -2.29. The molecule has 7 heteroatoms. The van der Waals surface area contributed by atoms with Gasteiger partial charge in [0.1, 0.15) is 5.56 Å². The molecule has 1 aliphatic heterocycles. The van der Waals surface area contributed by atoms with Crippen molar-refractivity contribution in [3.63, 3.8) is 0 Å². The summed E-state index contributed by atoms with van der Waals surface area (Å²) in [5.41, 5.74) is -0.118. The summed E-state index contributed by atoms with van der Waals surface area (Å²) in [5.74, 6) is -0.855. The van der Waals surface area contributed by atoms with E-state index in [0.717, 1.165) is 26.1 Å². The first-order valence-corrected chi connectivity index (χ1v) is 6.85. The van der Waals surface area contributed by atoms with Crippen molar-refractivity contribution < 1.29 is 19.6 Å². The number of nitrogens with one attached hydrogen (secondary N) is 1. The van der Waals surface area contributed by atoms with Crippen LogP contribution in [0.4, 0.5) is 11.4 Å². The Morgan fingerprint density at radius 2 is 2.14 bits per heavy atom. The summed E-state index contributed by atoms with van der Waals surface area (Å²) in [5, 5.41) is 23.1. The average molecular weight is 294 g/mol. The molecule has 1 heterocycles. The van der Waals surface area contributed by atoms with Crippen LogP contribution in [0.15, 0.2) is 18.2 Å². The van der Waals surface area contributed by atoms with Crippen molar-refractivity contribution >= 4 is 17.3 Å². The van der Waals surface area contributed by atoms with Crippen molar-refractivity contribution in [3.8, 4) is 0 Å². The van der Waals surface area contributed by atoms with E-state index in [1.54, 1.807) is 6.07 Å². The van der Waals surface area contributed by atoms with Gasteiger partial charge in [-0.1, -0.05) is 0 Å². The predicted octanol–water partition coefficient (Wildman–Crippen LogP) is 2.52. The molecule has 1 aliphatic rings. The monoisotopic (exact) mass is 294 g/mol. The highest BCUT2D eigenvalue weighted by molar-refractivity contribution is 5.93. The molecule has 1 fully saturated rings. The second-order valence-electron chi connectivity index (χ2n) is 5.18. The zero-order valence-corrected chi connectivity index (χ0v) is 11.7. The summed E-state index contributed by atoms with van der Waals surface area (Å²) in [6.45, 7) is 3.49. The molecule has 0 radical (unpaired) electrons. The quantitative estimate of drug-likeness (QED) is 0.639. The molecule has 1 aromatic rings. The molecule has 0 amide bonds. The Morgan fingerprint density at radius 1 is 1.48 bits per heavy atom. The third-order valence-electron chi connectivity index (χ3n) is 3.79. The van der Waals surface area contributed by atoms with E-state index in [2.05, 4.69) is 5.32 Å². The van der Waals surface area contributed by atoms with Gasteiger partial charge in [0.15, 0.2) is 0 Å². The van der Waals surface area contributed by atoms with Gasteiger partial charge in [0.05, 0.1) is 4.92 Å². The first-order valence-electron chi connectivity index (χ1n) is 6.85. The molecule has 0 aliphatic carbocycles. The van der Waals surface area contributed by atoms with Gasteiger partial charge in [0.25, 0.3) is 5.69 Å². The van der Waals surface area contributed by atoms with Crippen molar-refractivity contribution in [2.24, 2.45) is 5.92 Å². The lowest BCUT2D eigenvalue weighted by atomic mass is 9.92. The Hall–Kier alpha value is -2.15. The first kappa shape index (κ1) is 15.2. The van der Waals surface area contributed by atoms with Crippen molar-refractivity contribution in [3.05, 3.63) is 33.9 Å². The number of ether oxygens (including phenoxy) is 1. The molecule has 1 saturated heterocycles. The minimum atomic E-state index is -1.30. The molecule has 2 N–H and O–H groups in total. The van der Waals surface area contributed by atoms with Crippen LogP contribution in [0.5, 0.6) is 0 Å². The number of rotatable bonds is 5. The molecule has 1 aromatic carbocycles. The summed E-state index contributed by atoms with van der Waals surface area (Å²) >= 11 is 0. The van der Waals surface area contributed by atoms with E-state index >= 15 is 0 Å². The van der Waals surface area contributed by atoms with Crippen LogP contribution >= 0.6 is 0 Å². The smallest absolute Gasteiger partial charge is 0.342 e. The third-order valence-corrected chi connectivity index (χ3v) is 3.79. The van der Waals surface area contributed by atoms with Crippen molar-refractivity contribution in [2.45, 2.75) is 25.8 Å². The average Bonchev–Trinajstić information content (AvgIpc) is 2.47. The molecule has 0 spiro atoms. The van der Waals surface area contributed by atoms with Crippen LogP contribution in [-0.4, -0.2) is 35.3 Å². The zero-order chi connectivity index (χ0) is 15.4. The zero-order valence-electron chi connectivity index (χ0n) is 11.7. The number of carboxylic acids is 1. The minimum Gasteiger partial charge on any atom is -0.477 e. The van der Waals surface area contributed by atoms with Gasteiger partial charge < -0.3 is 15.2 Å². The molecule has 1 atom stereocenters. The summed E-state index contributed by atoms with van der Waals surface area (Å²) in [6, 6.07) is 4.23. The SMILES string of the molecule is CC(Nc1ccc([N+](=O)[O-])c(C(=O)O)c1)C1CCOCC1. The predicted molar refractivity (Wildman–Crippen MR) is 76.7 cm³/mol. The molecule has 7 nitrogen and oxygen atoms in total. The third kappa shape index (κ3) is 3.69. The largest absolute Gasteiger partial charge is 0.477 e. The maximum Gasteiger partial charge on any atom is 0.342 e. The van der Waals surface area contributed by atoms with E-state index < -0.39 is 16.6 Å². The first-order chi connectivity index (χ1) is 9.99. The Labute approximate surface area is 122 Å². The van der Waals surface area contributed by atoms with Crippen LogP contribution in [0.3, 0.4) is 0 Å². The van der Waals surface area contributed by atoms with Gasteiger partial charge in [0, 0.05) is 31.0 Å². The van der Waals surface area contributed by atoms with Gasteiger partial charge in [-0.25, -0.2) is 4.79 Å². The van der Waals surface area contributed by atoms with Crippen LogP contribution in [0.25, 0.3) is 0 Å². The highest BCUT2D eigenvalue weighted by Crippen LogP contribution is 2.26. The fraction of sp³-hybridized carbons (Fsp3) is 0.500. The second-order valence-corrected chi connectivity index (χ2v) is 5.18. The van der Waals surface area contributed by atoms with E-state index in [1.807, 2.05) is 6.92 Å². The van der Waals surface area contributed by atoms with E-state index in [4.69, 9.17) is 9.84 Å². The van der Waals surface area contributed by atoms with Crippen molar-refractivity contribution in [2.75, 3.05) is 18.5 Å². The number of carboxylic acid groups (broad SMARTS) is 1. The van der Waals surface area contributed by atoms with Crippen LogP contribution in [-0.2, 0) is 4.74 Å². The van der Waals surface area contributed by atoms with E-state index in [-0.39, 0.29) is 11.6 Å². The number of nitro groups is 1. The standard InChI is InChI=1S/C14H18N2O5/c1-9(10-4-6-21-7-5-10)15-11-2-3-13(16(19)20)12(8-11)14(17)18/h2-3,8-10,15H,4-7H2,1H3,(H,17,18). The second kappa shape index (κ2) is 6.53.